The number of anilines is 3. The van der Waals surface area contributed by atoms with Crippen molar-refractivity contribution < 1.29 is 23.2 Å². The van der Waals surface area contributed by atoms with E-state index in [1.165, 1.54) is 12.1 Å². The zero-order chi connectivity index (χ0) is 19.9. The van der Waals surface area contributed by atoms with Crippen LogP contribution < -0.4 is 15.3 Å². The van der Waals surface area contributed by atoms with E-state index < -0.39 is 11.7 Å². The molecule has 1 amide bonds. The van der Waals surface area contributed by atoms with E-state index in [2.05, 4.69) is 4.90 Å². The number of piperidine rings is 1. The van der Waals surface area contributed by atoms with Gasteiger partial charge in [-0.05, 0) is 49.2 Å². The number of carbonyl (C=O) groups is 1. The van der Waals surface area contributed by atoms with Crippen molar-refractivity contribution in [1.29, 1.82) is 0 Å². The largest absolute Gasteiger partial charge is 0.416 e. The van der Waals surface area contributed by atoms with Gasteiger partial charge in [-0.3, -0.25) is 10.0 Å². The molecule has 0 spiro atoms. The summed E-state index contributed by atoms with van der Waals surface area (Å²) in [6.07, 6.45) is -3.17. The second-order valence-electron chi connectivity index (χ2n) is 7.19. The Kier molecular flexibility index (Phi) is 4.66. The molecule has 2 aromatic rings. The number of nitrogens with zero attached hydrogens (tertiary/aromatic N) is 2. The topological polar surface area (TPSA) is 55.8 Å². The summed E-state index contributed by atoms with van der Waals surface area (Å²) in [5.41, 5.74) is 3.67. The molecule has 2 aromatic carbocycles. The summed E-state index contributed by atoms with van der Waals surface area (Å²) in [5, 5.41) is 8.95. The van der Waals surface area contributed by atoms with Crippen molar-refractivity contribution in [1.82, 2.24) is 5.48 Å². The van der Waals surface area contributed by atoms with Gasteiger partial charge in [-0.2, -0.15) is 13.2 Å². The van der Waals surface area contributed by atoms with Crippen LogP contribution in [0.3, 0.4) is 0 Å². The van der Waals surface area contributed by atoms with E-state index in [9.17, 15) is 18.0 Å². The van der Waals surface area contributed by atoms with Gasteiger partial charge in [-0.25, -0.2) is 5.48 Å². The van der Waals surface area contributed by atoms with Gasteiger partial charge >= 0.3 is 6.18 Å². The molecular formula is C20H20F3N3O2. The Labute approximate surface area is 160 Å². The second-order valence-corrected chi connectivity index (χ2v) is 7.19. The maximum atomic E-state index is 12.9. The predicted molar refractivity (Wildman–Crippen MR) is 98.7 cm³/mol. The lowest BCUT2D eigenvalue weighted by Gasteiger charge is -2.48. The van der Waals surface area contributed by atoms with E-state index in [1.807, 2.05) is 29.2 Å². The van der Waals surface area contributed by atoms with E-state index in [0.29, 0.717) is 31.6 Å². The third-order valence-electron chi connectivity index (χ3n) is 5.58. The number of nitrogens with one attached hydrogen (secondary N) is 1. The van der Waals surface area contributed by atoms with Gasteiger partial charge in [0, 0.05) is 30.7 Å². The van der Waals surface area contributed by atoms with Crippen molar-refractivity contribution in [2.75, 3.05) is 22.9 Å². The summed E-state index contributed by atoms with van der Waals surface area (Å²) in [4.78, 5) is 16.1. The number of hydroxylamine groups is 1. The number of amides is 1. The molecule has 1 fully saturated rings. The van der Waals surface area contributed by atoms with Crippen LogP contribution in [0.1, 0.15) is 18.4 Å². The predicted octanol–water partition coefficient (Wildman–Crippen LogP) is 3.95. The zero-order valence-electron chi connectivity index (χ0n) is 15.0. The van der Waals surface area contributed by atoms with Crippen LogP contribution in [0.4, 0.5) is 30.2 Å². The number of carbonyl (C=O) groups excluding carboxylic acids is 1. The number of hydrogen-bond donors (Lipinski definition) is 2. The smallest absolute Gasteiger partial charge is 0.365 e. The molecule has 0 aliphatic carbocycles. The van der Waals surface area contributed by atoms with Gasteiger partial charge < -0.3 is 9.80 Å². The standard InChI is InChI=1S/C20H20F3N3O2/c21-20(22,23)14-5-7-15(8-6-14)26-12-16-11-13(19(27)24-28)9-10-25(16)17-3-1-2-4-18(17)26/h1-8,13,16,28H,9-12H2,(H,24,27)/t13-,16-/m1/s1. The number of halogens is 3. The first-order valence-corrected chi connectivity index (χ1v) is 9.13. The number of alkyl halides is 3. The van der Waals surface area contributed by atoms with E-state index in [1.54, 1.807) is 5.48 Å². The van der Waals surface area contributed by atoms with E-state index in [4.69, 9.17) is 5.21 Å². The molecule has 0 bridgehead atoms. The summed E-state index contributed by atoms with van der Waals surface area (Å²) in [6.45, 7) is 1.23. The molecule has 0 aromatic heterocycles. The summed E-state index contributed by atoms with van der Waals surface area (Å²) >= 11 is 0. The minimum atomic E-state index is -4.37. The minimum Gasteiger partial charge on any atom is -0.365 e. The Balaban J connectivity index is 1.67. The second kappa shape index (κ2) is 7.01. The van der Waals surface area contributed by atoms with Crippen LogP contribution in [0.25, 0.3) is 0 Å². The first-order chi connectivity index (χ1) is 13.4. The van der Waals surface area contributed by atoms with E-state index in [-0.39, 0.29) is 17.9 Å². The fourth-order valence-corrected chi connectivity index (χ4v) is 4.19. The Morgan fingerprint density at radius 3 is 2.39 bits per heavy atom. The Bertz CT molecular complexity index is 870. The van der Waals surface area contributed by atoms with Crippen LogP contribution >= 0.6 is 0 Å². The van der Waals surface area contributed by atoms with Crippen LogP contribution in [0.5, 0.6) is 0 Å². The lowest BCUT2D eigenvalue weighted by atomic mass is 9.87. The average Bonchev–Trinajstić information content (AvgIpc) is 2.71. The van der Waals surface area contributed by atoms with Gasteiger partial charge in [0.1, 0.15) is 0 Å². The molecule has 0 saturated carbocycles. The number of fused-ring (bicyclic) bond motifs is 3. The average molecular weight is 391 g/mol. The maximum absolute atomic E-state index is 12.9. The van der Waals surface area contributed by atoms with Crippen LogP contribution in [0.15, 0.2) is 48.5 Å². The van der Waals surface area contributed by atoms with Crippen molar-refractivity contribution in [3.63, 3.8) is 0 Å². The summed E-state index contributed by atoms with van der Waals surface area (Å²) in [5.74, 6) is -0.675. The van der Waals surface area contributed by atoms with Crippen LogP contribution in [0.2, 0.25) is 0 Å². The van der Waals surface area contributed by atoms with Crippen LogP contribution in [-0.4, -0.2) is 30.2 Å². The highest BCUT2D eigenvalue weighted by atomic mass is 19.4. The molecule has 2 aliphatic rings. The molecule has 2 heterocycles. The fourth-order valence-electron chi connectivity index (χ4n) is 4.19. The lowest BCUT2D eigenvalue weighted by Crippen LogP contribution is -2.53. The fraction of sp³-hybridized carbons (Fsp3) is 0.350. The summed E-state index contributed by atoms with van der Waals surface area (Å²) < 4.78 is 38.7. The first kappa shape index (κ1) is 18.6. The van der Waals surface area contributed by atoms with E-state index in [0.717, 1.165) is 23.5 Å². The number of para-hydroxylation sites is 2. The van der Waals surface area contributed by atoms with Gasteiger partial charge in [0.2, 0.25) is 5.91 Å². The molecule has 2 atom stereocenters. The Morgan fingerprint density at radius 1 is 1.07 bits per heavy atom. The van der Waals surface area contributed by atoms with Crippen molar-refractivity contribution in [2.45, 2.75) is 25.1 Å². The maximum Gasteiger partial charge on any atom is 0.416 e. The number of hydrogen-bond acceptors (Lipinski definition) is 4. The molecule has 2 aliphatic heterocycles. The molecule has 1 saturated heterocycles. The molecule has 28 heavy (non-hydrogen) atoms. The monoisotopic (exact) mass is 391 g/mol. The first-order valence-electron chi connectivity index (χ1n) is 9.13. The minimum absolute atomic E-state index is 0.0215. The van der Waals surface area contributed by atoms with Crippen molar-refractivity contribution >= 4 is 23.0 Å². The van der Waals surface area contributed by atoms with Gasteiger partial charge in [0.25, 0.3) is 0 Å². The molecule has 0 radical (unpaired) electrons. The van der Waals surface area contributed by atoms with Crippen molar-refractivity contribution in [2.24, 2.45) is 5.92 Å². The molecule has 4 rings (SSSR count). The SMILES string of the molecule is O=C(NO)[C@@H]1CCN2c3ccccc3N(c3ccc(C(F)(F)F)cc3)C[C@H]2C1. The third kappa shape index (κ3) is 3.28. The highest BCUT2D eigenvalue weighted by Crippen LogP contribution is 2.43. The van der Waals surface area contributed by atoms with Gasteiger partial charge in [-0.1, -0.05) is 12.1 Å². The molecule has 5 nitrogen and oxygen atoms in total. The normalized spacial score (nSPS) is 21.7. The van der Waals surface area contributed by atoms with E-state index >= 15 is 0 Å². The highest BCUT2D eigenvalue weighted by Gasteiger charge is 2.38. The molecule has 0 unspecified atom stereocenters. The van der Waals surface area contributed by atoms with Crippen molar-refractivity contribution in [3.8, 4) is 0 Å². The van der Waals surface area contributed by atoms with Crippen LogP contribution in [-0.2, 0) is 11.0 Å². The highest BCUT2D eigenvalue weighted by molar-refractivity contribution is 5.82. The summed E-state index contributed by atoms with van der Waals surface area (Å²) in [7, 11) is 0. The molecule has 148 valence electrons. The zero-order valence-corrected chi connectivity index (χ0v) is 15.0. The Hall–Kier alpha value is -2.74. The van der Waals surface area contributed by atoms with Crippen LogP contribution in [0, 0.1) is 5.92 Å². The summed E-state index contributed by atoms with van der Waals surface area (Å²) in [6, 6.07) is 12.9. The van der Waals surface area contributed by atoms with Gasteiger partial charge in [-0.15, -0.1) is 0 Å². The lowest BCUT2D eigenvalue weighted by molar-refractivity contribution is -0.137. The van der Waals surface area contributed by atoms with Gasteiger partial charge in [0.15, 0.2) is 0 Å². The van der Waals surface area contributed by atoms with Crippen molar-refractivity contribution in [3.05, 3.63) is 54.1 Å². The number of benzene rings is 2. The molecule has 2 N–H and O–H groups in total. The quantitative estimate of drug-likeness (QED) is 0.601. The van der Waals surface area contributed by atoms with Gasteiger partial charge in [0.05, 0.1) is 16.9 Å². The Morgan fingerprint density at radius 2 is 1.75 bits per heavy atom. The molecule has 8 heteroatoms. The third-order valence-corrected chi connectivity index (χ3v) is 5.58. The number of rotatable bonds is 2. The molecular weight excluding hydrogens is 371 g/mol.